The Labute approximate surface area is 144 Å². The van der Waals surface area contributed by atoms with Gasteiger partial charge in [0.05, 0.1) is 11.7 Å². The highest BCUT2D eigenvalue weighted by atomic mass is 16.5. The molecule has 2 rings (SSSR count). The van der Waals surface area contributed by atoms with Crippen molar-refractivity contribution in [3.63, 3.8) is 0 Å². The van der Waals surface area contributed by atoms with Crippen LogP contribution in [0.1, 0.15) is 17.3 Å². The first-order valence-electron chi connectivity index (χ1n) is 8.53. The molecule has 1 fully saturated rings. The van der Waals surface area contributed by atoms with E-state index in [0.717, 1.165) is 19.6 Å². The SMILES string of the molecule is C[C@H](O)CN1CCN(C(=O)c2ccccc2OCCN(C)C)CC1. The van der Waals surface area contributed by atoms with Gasteiger partial charge in [-0.3, -0.25) is 9.69 Å². The fraction of sp³-hybridized carbons (Fsp3) is 0.611. The van der Waals surface area contributed by atoms with Crippen LogP contribution in [0.2, 0.25) is 0 Å². The van der Waals surface area contributed by atoms with Crippen molar-refractivity contribution in [3.8, 4) is 5.75 Å². The van der Waals surface area contributed by atoms with E-state index in [0.29, 0.717) is 37.6 Å². The molecule has 1 saturated heterocycles. The van der Waals surface area contributed by atoms with Crippen molar-refractivity contribution in [1.29, 1.82) is 0 Å². The monoisotopic (exact) mass is 335 g/mol. The Morgan fingerprint density at radius 2 is 1.92 bits per heavy atom. The molecule has 0 saturated carbocycles. The summed E-state index contributed by atoms with van der Waals surface area (Å²) >= 11 is 0. The van der Waals surface area contributed by atoms with E-state index in [9.17, 15) is 9.90 Å². The summed E-state index contributed by atoms with van der Waals surface area (Å²) in [6, 6.07) is 7.44. The smallest absolute Gasteiger partial charge is 0.257 e. The molecule has 1 aliphatic heterocycles. The number of amides is 1. The maximum absolute atomic E-state index is 12.8. The first-order chi connectivity index (χ1) is 11.5. The molecule has 0 unspecified atom stereocenters. The Balaban J connectivity index is 1.95. The number of benzene rings is 1. The van der Waals surface area contributed by atoms with Gasteiger partial charge in [-0.15, -0.1) is 0 Å². The van der Waals surface area contributed by atoms with Gasteiger partial charge in [0.1, 0.15) is 12.4 Å². The number of likely N-dealkylation sites (N-methyl/N-ethyl adjacent to an activating group) is 1. The van der Waals surface area contributed by atoms with Gasteiger partial charge in [-0.1, -0.05) is 12.1 Å². The third kappa shape index (κ3) is 5.47. The van der Waals surface area contributed by atoms with Crippen molar-refractivity contribution in [3.05, 3.63) is 29.8 Å². The first kappa shape index (κ1) is 18.7. The number of para-hydroxylation sites is 1. The molecule has 0 spiro atoms. The Hall–Kier alpha value is -1.63. The number of ether oxygens (including phenoxy) is 1. The van der Waals surface area contributed by atoms with Crippen LogP contribution >= 0.6 is 0 Å². The molecule has 1 N–H and O–H groups in total. The Morgan fingerprint density at radius 1 is 1.25 bits per heavy atom. The molecule has 1 heterocycles. The van der Waals surface area contributed by atoms with Crippen LogP contribution in [0.5, 0.6) is 5.75 Å². The van der Waals surface area contributed by atoms with E-state index in [-0.39, 0.29) is 12.0 Å². The molecular weight excluding hydrogens is 306 g/mol. The molecule has 6 heteroatoms. The lowest BCUT2D eigenvalue weighted by molar-refractivity contribution is 0.0550. The number of β-amino-alcohol motifs (C(OH)–C–C–N with tert-alkyl or cyclic N) is 1. The van der Waals surface area contributed by atoms with Crippen LogP contribution in [-0.4, -0.2) is 91.8 Å². The number of nitrogens with zero attached hydrogens (tertiary/aromatic N) is 3. The van der Waals surface area contributed by atoms with E-state index >= 15 is 0 Å². The van der Waals surface area contributed by atoms with Gasteiger partial charge in [-0.25, -0.2) is 0 Å². The highest BCUT2D eigenvalue weighted by molar-refractivity contribution is 5.97. The minimum Gasteiger partial charge on any atom is -0.491 e. The van der Waals surface area contributed by atoms with Crippen molar-refractivity contribution in [1.82, 2.24) is 14.7 Å². The number of hydrogen-bond acceptors (Lipinski definition) is 5. The molecule has 1 aromatic carbocycles. The highest BCUT2D eigenvalue weighted by Crippen LogP contribution is 2.20. The summed E-state index contributed by atoms with van der Waals surface area (Å²) in [6.45, 7) is 6.75. The molecule has 24 heavy (non-hydrogen) atoms. The van der Waals surface area contributed by atoms with Crippen LogP contribution in [0.4, 0.5) is 0 Å². The highest BCUT2D eigenvalue weighted by Gasteiger charge is 2.24. The van der Waals surface area contributed by atoms with Gasteiger partial charge in [0, 0.05) is 39.3 Å². The standard InChI is InChI=1S/C18H29N3O3/c1-15(22)14-20-8-10-21(11-9-20)18(23)16-6-4-5-7-17(16)24-13-12-19(2)3/h4-7,15,22H,8-14H2,1-3H3/t15-/m0/s1. The number of rotatable bonds is 7. The number of carbonyl (C=O) groups excluding carboxylic acids is 1. The molecular formula is C18H29N3O3. The Bertz CT molecular complexity index is 526. The summed E-state index contributed by atoms with van der Waals surface area (Å²) in [6.07, 6.45) is -0.335. The lowest BCUT2D eigenvalue weighted by Gasteiger charge is -2.35. The van der Waals surface area contributed by atoms with Crippen molar-refractivity contribution in [2.24, 2.45) is 0 Å². The summed E-state index contributed by atoms with van der Waals surface area (Å²) in [5, 5.41) is 9.47. The molecule has 1 aliphatic rings. The molecule has 1 atom stereocenters. The zero-order chi connectivity index (χ0) is 17.5. The number of aliphatic hydroxyl groups is 1. The molecule has 1 amide bonds. The molecule has 0 radical (unpaired) electrons. The third-order valence-corrected chi connectivity index (χ3v) is 4.10. The van der Waals surface area contributed by atoms with Gasteiger partial charge in [0.2, 0.25) is 0 Å². The average molecular weight is 335 g/mol. The van der Waals surface area contributed by atoms with Crippen LogP contribution in [0.25, 0.3) is 0 Å². The van der Waals surface area contributed by atoms with E-state index in [4.69, 9.17) is 4.74 Å². The molecule has 134 valence electrons. The summed E-state index contributed by atoms with van der Waals surface area (Å²) in [5.74, 6) is 0.669. The predicted octanol–water partition coefficient (Wildman–Crippen LogP) is 0.766. The Kier molecular flexibility index (Phi) is 7.02. The maximum atomic E-state index is 12.8. The summed E-state index contributed by atoms with van der Waals surface area (Å²) in [4.78, 5) is 18.9. The topological polar surface area (TPSA) is 56.3 Å². The fourth-order valence-electron chi connectivity index (χ4n) is 2.78. The molecule has 6 nitrogen and oxygen atoms in total. The number of piperazine rings is 1. The van der Waals surface area contributed by atoms with Crippen LogP contribution in [0, 0.1) is 0 Å². The summed E-state index contributed by atoms with van der Waals surface area (Å²) in [7, 11) is 3.99. The summed E-state index contributed by atoms with van der Waals surface area (Å²) in [5.41, 5.74) is 0.625. The molecule has 0 aromatic heterocycles. The van der Waals surface area contributed by atoms with Crippen LogP contribution in [0.15, 0.2) is 24.3 Å². The molecule has 1 aromatic rings. The van der Waals surface area contributed by atoms with E-state index in [1.165, 1.54) is 0 Å². The van der Waals surface area contributed by atoms with Gasteiger partial charge in [-0.05, 0) is 33.2 Å². The summed E-state index contributed by atoms with van der Waals surface area (Å²) < 4.78 is 5.80. The second-order valence-electron chi connectivity index (χ2n) is 6.59. The maximum Gasteiger partial charge on any atom is 0.257 e. The van der Waals surface area contributed by atoms with Crippen molar-refractivity contribution >= 4 is 5.91 Å². The minimum absolute atomic E-state index is 0.0205. The van der Waals surface area contributed by atoms with Gasteiger partial charge in [0.15, 0.2) is 0 Å². The van der Waals surface area contributed by atoms with Crippen LogP contribution < -0.4 is 4.74 Å². The largest absolute Gasteiger partial charge is 0.491 e. The number of carbonyl (C=O) groups is 1. The fourth-order valence-corrected chi connectivity index (χ4v) is 2.78. The second-order valence-corrected chi connectivity index (χ2v) is 6.59. The minimum atomic E-state index is -0.335. The zero-order valence-electron chi connectivity index (χ0n) is 14.9. The Morgan fingerprint density at radius 3 is 2.54 bits per heavy atom. The normalized spacial score (nSPS) is 17.1. The predicted molar refractivity (Wildman–Crippen MR) is 94.5 cm³/mol. The van der Waals surface area contributed by atoms with Crippen molar-refractivity contribution < 1.29 is 14.6 Å². The van der Waals surface area contributed by atoms with E-state index in [1.54, 1.807) is 6.92 Å². The average Bonchev–Trinajstić information content (AvgIpc) is 2.54. The zero-order valence-corrected chi connectivity index (χ0v) is 14.9. The van der Waals surface area contributed by atoms with Crippen molar-refractivity contribution in [2.45, 2.75) is 13.0 Å². The third-order valence-electron chi connectivity index (χ3n) is 4.10. The van der Waals surface area contributed by atoms with E-state index in [2.05, 4.69) is 4.90 Å². The number of aliphatic hydroxyl groups excluding tert-OH is 1. The first-order valence-corrected chi connectivity index (χ1v) is 8.53. The van der Waals surface area contributed by atoms with Gasteiger partial charge < -0.3 is 19.6 Å². The lowest BCUT2D eigenvalue weighted by atomic mass is 10.1. The van der Waals surface area contributed by atoms with Crippen LogP contribution in [-0.2, 0) is 0 Å². The van der Waals surface area contributed by atoms with Crippen molar-refractivity contribution in [2.75, 3.05) is 60.0 Å². The molecule has 0 aliphatic carbocycles. The van der Waals surface area contributed by atoms with Gasteiger partial charge in [-0.2, -0.15) is 0 Å². The second kappa shape index (κ2) is 9.01. The van der Waals surface area contributed by atoms with E-state index in [1.807, 2.05) is 48.2 Å². The molecule has 0 bridgehead atoms. The lowest BCUT2D eigenvalue weighted by Crippen LogP contribution is -2.50. The van der Waals surface area contributed by atoms with Gasteiger partial charge in [0.25, 0.3) is 5.91 Å². The van der Waals surface area contributed by atoms with Gasteiger partial charge >= 0.3 is 0 Å². The van der Waals surface area contributed by atoms with E-state index < -0.39 is 0 Å². The quantitative estimate of drug-likeness (QED) is 0.797. The van der Waals surface area contributed by atoms with Crippen LogP contribution in [0.3, 0.4) is 0 Å². The number of hydrogen-bond donors (Lipinski definition) is 1.